The number of aliphatic hydroxyl groups is 1. The highest BCUT2D eigenvalue weighted by Gasteiger charge is 2.25. The van der Waals surface area contributed by atoms with Gasteiger partial charge < -0.3 is 24.4 Å². The number of hydrogen-bond acceptors (Lipinski definition) is 7. The van der Waals surface area contributed by atoms with Gasteiger partial charge in [0.15, 0.2) is 0 Å². The average molecular weight is 1030 g/mol. The van der Waals surface area contributed by atoms with Crippen LogP contribution in [0.3, 0.4) is 0 Å². The Kier molecular flexibility index (Phi) is 48.5. The van der Waals surface area contributed by atoms with Gasteiger partial charge in [-0.2, -0.15) is 0 Å². The Bertz CT molecular complexity index is 1170. The van der Waals surface area contributed by atoms with Crippen molar-refractivity contribution in [3.8, 4) is 0 Å². The summed E-state index contributed by atoms with van der Waals surface area (Å²) in [6.45, 7) is 14.7. The molecule has 0 aromatic heterocycles. The number of ether oxygens (including phenoxy) is 2. The third-order valence-electron chi connectivity index (χ3n) is 16.7. The molecule has 0 bridgehead atoms. The highest BCUT2D eigenvalue weighted by molar-refractivity contribution is 5.76. The summed E-state index contributed by atoms with van der Waals surface area (Å²) in [5.74, 6) is 1.13. The van der Waals surface area contributed by atoms with E-state index in [-0.39, 0.29) is 30.0 Å². The fraction of sp³-hybridized carbons (Fsp3) is 0.954. The van der Waals surface area contributed by atoms with E-state index in [0.29, 0.717) is 50.4 Å². The highest BCUT2D eigenvalue weighted by Crippen LogP contribution is 2.26. The molecule has 0 aliphatic heterocycles. The lowest BCUT2D eigenvalue weighted by molar-refractivity contribution is -0.146. The lowest BCUT2D eigenvalue weighted by atomic mass is 9.91. The van der Waals surface area contributed by atoms with Crippen molar-refractivity contribution in [3.63, 3.8) is 0 Å². The summed E-state index contributed by atoms with van der Waals surface area (Å²) in [6.07, 6.45) is 53.0. The van der Waals surface area contributed by atoms with Crippen molar-refractivity contribution < 1.29 is 29.0 Å². The van der Waals surface area contributed by atoms with Crippen LogP contribution in [-0.4, -0.2) is 84.3 Å². The first-order valence-electron chi connectivity index (χ1n) is 32.7. The number of nitrogens with zero attached hydrogens (tertiary/aromatic N) is 2. The van der Waals surface area contributed by atoms with E-state index in [2.05, 4.69) is 39.5 Å². The number of unbranched alkanes of at least 4 members (excludes halogenated alkanes) is 26. The molecule has 2 atom stereocenters. The number of carbonyl (C=O) groups is 3. The van der Waals surface area contributed by atoms with E-state index in [1.807, 2.05) is 11.9 Å². The molecule has 1 amide bonds. The molecule has 8 heteroatoms. The van der Waals surface area contributed by atoms with E-state index in [9.17, 15) is 19.5 Å². The van der Waals surface area contributed by atoms with Gasteiger partial charge in [0.1, 0.15) is 0 Å². The number of hydrogen-bond donors (Lipinski definition) is 1. The third-order valence-corrected chi connectivity index (χ3v) is 16.7. The van der Waals surface area contributed by atoms with Crippen molar-refractivity contribution in [3.05, 3.63) is 0 Å². The number of carbonyl (C=O) groups excluding carboxylic acids is 3. The number of rotatable bonds is 54. The van der Waals surface area contributed by atoms with Crippen LogP contribution in [0, 0.1) is 11.8 Å². The fourth-order valence-corrected chi connectivity index (χ4v) is 11.5. The molecule has 1 fully saturated rings. The smallest absolute Gasteiger partial charge is 0.305 e. The predicted molar refractivity (Wildman–Crippen MR) is 312 cm³/mol. The SMILES string of the molecule is CCCCCCCCC(CCCCCC)COC(=O)CCCCCC(CCCCCC(=O)OCC(CCCCCC)CCCCCCCC)N(C)C(=O)CCCCN(CCCCCCCC)C1CCC(O)CC1. The topological polar surface area (TPSA) is 96.4 Å². The van der Waals surface area contributed by atoms with Crippen LogP contribution in [0.25, 0.3) is 0 Å². The molecule has 0 spiro atoms. The maximum absolute atomic E-state index is 13.9. The molecule has 0 heterocycles. The second-order valence-corrected chi connectivity index (χ2v) is 23.5. The largest absolute Gasteiger partial charge is 0.465 e. The van der Waals surface area contributed by atoms with Gasteiger partial charge in [-0.15, -0.1) is 0 Å². The number of aliphatic hydroxyl groups excluding tert-OH is 1. The molecule has 2 unspecified atom stereocenters. The Morgan fingerprint density at radius 3 is 1.14 bits per heavy atom. The zero-order valence-corrected chi connectivity index (χ0v) is 49.8. The van der Waals surface area contributed by atoms with Gasteiger partial charge in [0, 0.05) is 38.4 Å². The first-order chi connectivity index (χ1) is 35.7. The Morgan fingerprint density at radius 1 is 0.411 bits per heavy atom. The standard InChI is InChI=1S/C65H126N2O6/c1-7-12-17-22-25-32-43-58(41-30-20-15-10-4)56-72-64(70)48-36-28-34-45-60(46-35-29-37-49-65(71)73-57-59(42-31-21-16-11-5)44-33-26-23-18-13-8-2)66(6)63(69)47-38-40-55-67(54-39-27-24-19-14-9-3)61-50-52-62(68)53-51-61/h58-62,68H,7-57H2,1-6H3. The van der Waals surface area contributed by atoms with E-state index < -0.39 is 0 Å². The van der Waals surface area contributed by atoms with Crippen molar-refractivity contribution in [2.75, 3.05) is 33.4 Å². The average Bonchev–Trinajstić information content (AvgIpc) is 3.39. The molecule has 73 heavy (non-hydrogen) atoms. The third kappa shape index (κ3) is 41.1. The predicted octanol–water partition coefficient (Wildman–Crippen LogP) is 18.6. The molecule has 1 aliphatic carbocycles. The minimum atomic E-state index is -0.138. The van der Waals surface area contributed by atoms with Crippen molar-refractivity contribution in [2.45, 2.75) is 355 Å². The summed E-state index contributed by atoms with van der Waals surface area (Å²) in [5, 5.41) is 10.2. The van der Waals surface area contributed by atoms with Gasteiger partial charge in [-0.25, -0.2) is 0 Å². The maximum atomic E-state index is 13.9. The molecule has 1 N–H and O–H groups in total. The monoisotopic (exact) mass is 1030 g/mol. The minimum absolute atomic E-state index is 0.0456. The summed E-state index contributed by atoms with van der Waals surface area (Å²) in [6, 6.07) is 0.722. The summed E-state index contributed by atoms with van der Waals surface area (Å²) in [7, 11) is 2.02. The first-order valence-corrected chi connectivity index (χ1v) is 32.7. The molecule has 432 valence electrons. The minimum Gasteiger partial charge on any atom is -0.465 e. The number of esters is 2. The van der Waals surface area contributed by atoms with Gasteiger partial charge in [-0.3, -0.25) is 14.4 Å². The van der Waals surface area contributed by atoms with Gasteiger partial charge in [0.05, 0.1) is 19.3 Å². The molecule has 8 nitrogen and oxygen atoms in total. The summed E-state index contributed by atoms with van der Waals surface area (Å²) < 4.78 is 11.9. The van der Waals surface area contributed by atoms with Crippen molar-refractivity contribution in [2.24, 2.45) is 11.8 Å². The lowest BCUT2D eigenvalue weighted by Crippen LogP contribution is -2.40. The Morgan fingerprint density at radius 2 is 0.726 bits per heavy atom. The number of amides is 1. The molecule has 0 radical (unpaired) electrons. The Balaban J connectivity index is 2.76. The van der Waals surface area contributed by atoms with E-state index in [1.54, 1.807) is 0 Å². The van der Waals surface area contributed by atoms with Gasteiger partial charge >= 0.3 is 11.9 Å². The van der Waals surface area contributed by atoms with Crippen LogP contribution in [0.4, 0.5) is 0 Å². The van der Waals surface area contributed by atoms with Crippen molar-refractivity contribution in [1.29, 1.82) is 0 Å². The normalized spacial score (nSPS) is 16.2. The summed E-state index contributed by atoms with van der Waals surface area (Å²) in [5.41, 5.74) is 0. The van der Waals surface area contributed by atoms with Gasteiger partial charge in [0.25, 0.3) is 0 Å². The second kappa shape index (κ2) is 51.1. The van der Waals surface area contributed by atoms with Crippen LogP contribution in [0.2, 0.25) is 0 Å². The van der Waals surface area contributed by atoms with Crippen LogP contribution in [0.15, 0.2) is 0 Å². The Hall–Kier alpha value is -1.67. The molecule has 0 aromatic carbocycles. The van der Waals surface area contributed by atoms with Crippen molar-refractivity contribution >= 4 is 17.8 Å². The summed E-state index contributed by atoms with van der Waals surface area (Å²) >= 11 is 0. The quantitative estimate of drug-likeness (QED) is 0.0479. The fourth-order valence-electron chi connectivity index (χ4n) is 11.5. The molecular weight excluding hydrogens is 905 g/mol. The van der Waals surface area contributed by atoms with Crippen LogP contribution in [0.1, 0.15) is 336 Å². The molecule has 1 aliphatic rings. The lowest BCUT2D eigenvalue weighted by Gasteiger charge is -2.36. The molecule has 0 aromatic rings. The van der Waals surface area contributed by atoms with Crippen LogP contribution >= 0.6 is 0 Å². The van der Waals surface area contributed by atoms with Gasteiger partial charge in [-0.1, -0.05) is 221 Å². The Labute approximate surface area is 454 Å². The van der Waals surface area contributed by atoms with E-state index in [1.165, 1.54) is 193 Å². The van der Waals surface area contributed by atoms with E-state index in [4.69, 9.17) is 9.47 Å². The van der Waals surface area contributed by atoms with E-state index in [0.717, 1.165) is 103 Å². The van der Waals surface area contributed by atoms with Crippen LogP contribution in [-0.2, 0) is 23.9 Å². The van der Waals surface area contributed by atoms with Gasteiger partial charge in [-0.05, 0) is 121 Å². The molecular formula is C65H126N2O6. The first kappa shape index (κ1) is 69.3. The second-order valence-electron chi connectivity index (χ2n) is 23.5. The van der Waals surface area contributed by atoms with Crippen LogP contribution < -0.4 is 0 Å². The zero-order chi connectivity index (χ0) is 53.3. The van der Waals surface area contributed by atoms with Gasteiger partial charge in [0.2, 0.25) is 5.91 Å². The highest BCUT2D eigenvalue weighted by atomic mass is 16.5. The van der Waals surface area contributed by atoms with Crippen molar-refractivity contribution in [1.82, 2.24) is 9.80 Å². The maximum Gasteiger partial charge on any atom is 0.305 e. The zero-order valence-electron chi connectivity index (χ0n) is 49.8. The van der Waals surface area contributed by atoms with Crippen LogP contribution in [0.5, 0.6) is 0 Å². The molecule has 1 rings (SSSR count). The van der Waals surface area contributed by atoms with E-state index >= 15 is 0 Å². The molecule has 1 saturated carbocycles. The summed E-state index contributed by atoms with van der Waals surface area (Å²) in [4.78, 5) is 44.6. The molecule has 0 saturated heterocycles.